The molecule has 5 heteroatoms. The van der Waals surface area contributed by atoms with Gasteiger partial charge < -0.3 is 14.5 Å². The number of hydrogen-bond acceptors (Lipinski definition) is 4. The van der Waals surface area contributed by atoms with Crippen LogP contribution in [0.4, 0.5) is 11.4 Å². The molecule has 0 saturated heterocycles. The largest absolute Gasteiger partial charge is 0.467 e. The summed E-state index contributed by atoms with van der Waals surface area (Å²) >= 11 is 0. The Hall–Kier alpha value is -2.04. The van der Waals surface area contributed by atoms with Gasteiger partial charge in [0.25, 0.3) is 0 Å². The molecule has 0 unspecified atom stereocenters. The second-order valence-electron chi connectivity index (χ2n) is 5.08. The highest BCUT2D eigenvalue weighted by Crippen LogP contribution is 2.36. The third kappa shape index (κ3) is 2.05. The molecule has 1 aromatic carbocycles. The Balaban J connectivity index is 2.51. The molecule has 1 heterocycles. The van der Waals surface area contributed by atoms with Crippen molar-refractivity contribution in [3.8, 4) is 0 Å². The average Bonchev–Trinajstić information content (AvgIpc) is 2.41. The van der Waals surface area contributed by atoms with Gasteiger partial charge in [-0.25, -0.2) is 4.79 Å². The monoisotopic (exact) mass is 262 g/mol. The number of benzene rings is 1. The molecule has 1 amide bonds. The van der Waals surface area contributed by atoms with Crippen LogP contribution < -0.4 is 9.80 Å². The molecule has 0 aliphatic carbocycles. The van der Waals surface area contributed by atoms with E-state index in [4.69, 9.17) is 4.74 Å². The number of carbonyl (C=O) groups excluding carboxylic acids is 2. The summed E-state index contributed by atoms with van der Waals surface area (Å²) in [5.74, 6) is -0.407. The van der Waals surface area contributed by atoms with Crippen molar-refractivity contribution in [2.45, 2.75) is 19.4 Å². The molecule has 2 rings (SSSR count). The number of methoxy groups -OCH3 is 1. The molecule has 19 heavy (non-hydrogen) atoms. The van der Waals surface area contributed by atoms with Crippen molar-refractivity contribution in [2.75, 3.05) is 30.5 Å². The maximum atomic E-state index is 12.1. The molecule has 0 N–H and O–H groups in total. The Bertz CT molecular complexity index is 525. The van der Waals surface area contributed by atoms with E-state index in [1.807, 2.05) is 24.3 Å². The molecule has 0 radical (unpaired) electrons. The van der Waals surface area contributed by atoms with Gasteiger partial charge in [-0.3, -0.25) is 4.79 Å². The van der Waals surface area contributed by atoms with Crippen LogP contribution in [0.15, 0.2) is 24.3 Å². The number of ether oxygens (including phenoxy) is 1. The van der Waals surface area contributed by atoms with Crippen molar-refractivity contribution in [2.24, 2.45) is 0 Å². The van der Waals surface area contributed by atoms with Gasteiger partial charge in [0.15, 0.2) is 0 Å². The zero-order chi connectivity index (χ0) is 14.2. The standard InChI is InChI=1S/C14H18N2O3/c1-14(2,13(18)19-4)16-9-12(17)15(3)10-7-5-6-8-11(10)16/h5-8H,9H2,1-4H3. The summed E-state index contributed by atoms with van der Waals surface area (Å²) in [6.45, 7) is 3.68. The number of nitrogens with zero attached hydrogens (tertiary/aromatic N) is 2. The van der Waals surface area contributed by atoms with Crippen LogP contribution in [-0.2, 0) is 14.3 Å². The van der Waals surface area contributed by atoms with Crippen LogP contribution >= 0.6 is 0 Å². The van der Waals surface area contributed by atoms with E-state index < -0.39 is 5.54 Å². The van der Waals surface area contributed by atoms with Gasteiger partial charge in [-0.05, 0) is 26.0 Å². The predicted molar refractivity (Wildman–Crippen MR) is 73.3 cm³/mol. The van der Waals surface area contributed by atoms with E-state index in [9.17, 15) is 9.59 Å². The summed E-state index contributed by atoms with van der Waals surface area (Å²) in [4.78, 5) is 27.4. The number of hydrogen-bond donors (Lipinski definition) is 0. The van der Waals surface area contributed by atoms with Gasteiger partial charge in [-0.1, -0.05) is 12.1 Å². The molecule has 102 valence electrons. The highest BCUT2D eigenvalue weighted by Gasteiger charge is 2.41. The number of esters is 1. The summed E-state index contributed by atoms with van der Waals surface area (Å²) in [5.41, 5.74) is 0.776. The number of likely N-dealkylation sites (N-methyl/N-ethyl adjacent to an activating group) is 1. The van der Waals surface area contributed by atoms with Crippen LogP contribution in [-0.4, -0.2) is 38.1 Å². The third-order valence-corrected chi connectivity index (χ3v) is 3.56. The summed E-state index contributed by atoms with van der Waals surface area (Å²) in [7, 11) is 3.09. The quantitative estimate of drug-likeness (QED) is 0.756. The van der Waals surface area contributed by atoms with Gasteiger partial charge in [0.2, 0.25) is 5.91 Å². The van der Waals surface area contributed by atoms with Gasteiger partial charge in [-0.2, -0.15) is 0 Å². The Morgan fingerprint density at radius 1 is 1.26 bits per heavy atom. The number of carbonyl (C=O) groups is 2. The number of para-hydroxylation sites is 2. The van der Waals surface area contributed by atoms with Gasteiger partial charge in [-0.15, -0.1) is 0 Å². The van der Waals surface area contributed by atoms with Crippen LogP contribution in [0.2, 0.25) is 0 Å². The maximum absolute atomic E-state index is 12.1. The molecule has 0 saturated carbocycles. The van der Waals surface area contributed by atoms with Crippen molar-refractivity contribution < 1.29 is 14.3 Å². The third-order valence-electron chi connectivity index (χ3n) is 3.56. The zero-order valence-electron chi connectivity index (χ0n) is 11.6. The van der Waals surface area contributed by atoms with Gasteiger partial charge >= 0.3 is 5.97 Å². The summed E-state index contributed by atoms with van der Waals surface area (Å²) < 4.78 is 4.84. The van der Waals surface area contributed by atoms with Crippen molar-refractivity contribution >= 4 is 23.3 Å². The summed E-state index contributed by atoms with van der Waals surface area (Å²) in [6, 6.07) is 7.54. The van der Waals surface area contributed by atoms with E-state index in [2.05, 4.69) is 0 Å². The minimum absolute atomic E-state index is 0.0457. The normalized spacial score (nSPS) is 15.3. The molecule has 0 aromatic heterocycles. The van der Waals surface area contributed by atoms with Crippen LogP contribution in [0.25, 0.3) is 0 Å². The average molecular weight is 262 g/mol. The van der Waals surface area contributed by atoms with E-state index in [0.29, 0.717) is 0 Å². The minimum Gasteiger partial charge on any atom is -0.467 e. The van der Waals surface area contributed by atoms with E-state index in [0.717, 1.165) is 11.4 Å². The fourth-order valence-electron chi connectivity index (χ4n) is 2.30. The molecular formula is C14H18N2O3. The zero-order valence-corrected chi connectivity index (χ0v) is 11.6. The Labute approximate surface area is 112 Å². The molecule has 0 atom stereocenters. The first-order valence-electron chi connectivity index (χ1n) is 6.11. The van der Waals surface area contributed by atoms with E-state index in [-0.39, 0.29) is 18.4 Å². The van der Waals surface area contributed by atoms with Gasteiger partial charge in [0.1, 0.15) is 5.54 Å². The van der Waals surface area contributed by atoms with Crippen LogP contribution in [0, 0.1) is 0 Å². The molecule has 1 aliphatic rings. The Kier molecular flexibility index (Phi) is 3.22. The first kappa shape index (κ1) is 13.4. The fourth-order valence-corrected chi connectivity index (χ4v) is 2.30. The Morgan fingerprint density at radius 3 is 2.42 bits per heavy atom. The lowest BCUT2D eigenvalue weighted by atomic mass is 9.99. The molecule has 1 aromatic rings. The molecule has 5 nitrogen and oxygen atoms in total. The molecular weight excluding hydrogens is 244 g/mol. The highest BCUT2D eigenvalue weighted by molar-refractivity contribution is 6.04. The Morgan fingerprint density at radius 2 is 1.84 bits per heavy atom. The molecule has 0 bridgehead atoms. The molecule has 0 spiro atoms. The number of anilines is 2. The number of fused-ring (bicyclic) bond motifs is 1. The summed E-state index contributed by atoms with van der Waals surface area (Å²) in [6.07, 6.45) is 0. The van der Waals surface area contributed by atoms with Gasteiger partial charge in [0, 0.05) is 7.05 Å². The number of rotatable bonds is 2. The first-order valence-corrected chi connectivity index (χ1v) is 6.11. The first-order chi connectivity index (χ1) is 8.89. The van der Waals surface area contributed by atoms with Crippen LogP contribution in [0.3, 0.4) is 0 Å². The molecule has 1 aliphatic heterocycles. The topological polar surface area (TPSA) is 49.9 Å². The predicted octanol–water partition coefficient (Wildman–Crippen LogP) is 1.42. The molecule has 0 fully saturated rings. The van der Waals surface area contributed by atoms with Crippen molar-refractivity contribution in [1.82, 2.24) is 0 Å². The minimum atomic E-state index is -0.887. The second kappa shape index (κ2) is 4.57. The van der Waals surface area contributed by atoms with Crippen molar-refractivity contribution in [3.05, 3.63) is 24.3 Å². The van der Waals surface area contributed by atoms with Crippen molar-refractivity contribution in [3.63, 3.8) is 0 Å². The van der Waals surface area contributed by atoms with E-state index >= 15 is 0 Å². The smallest absolute Gasteiger partial charge is 0.331 e. The highest BCUT2D eigenvalue weighted by atomic mass is 16.5. The lowest BCUT2D eigenvalue weighted by Crippen LogP contribution is -2.57. The van der Waals surface area contributed by atoms with E-state index in [1.54, 1.807) is 30.7 Å². The SMILES string of the molecule is COC(=O)C(C)(C)N1CC(=O)N(C)c2ccccc21. The van der Waals surface area contributed by atoms with Gasteiger partial charge in [0.05, 0.1) is 25.0 Å². The second-order valence-corrected chi connectivity index (χ2v) is 5.08. The van der Waals surface area contributed by atoms with Crippen LogP contribution in [0.1, 0.15) is 13.8 Å². The lowest BCUT2D eigenvalue weighted by molar-refractivity contribution is -0.145. The van der Waals surface area contributed by atoms with Crippen LogP contribution in [0.5, 0.6) is 0 Å². The lowest BCUT2D eigenvalue weighted by Gasteiger charge is -2.43. The van der Waals surface area contributed by atoms with Crippen molar-refractivity contribution in [1.29, 1.82) is 0 Å². The number of amides is 1. The fraction of sp³-hybridized carbons (Fsp3) is 0.429. The maximum Gasteiger partial charge on any atom is 0.331 e. The summed E-state index contributed by atoms with van der Waals surface area (Å²) in [5, 5.41) is 0. The van der Waals surface area contributed by atoms with E-state index in [1.165, 1.54) is 7.11 Å².